The largest absolute Gasteiger partial charge is 0.497 e. The average molecular weight is 395 g/mol. The summed E-state index contributed by atoms with van der Waals surface area (Å²) in [6, 6.07) is 7.82. The van der Waals surface area contributed by atoms with Crippen LogP contribution in [0.15, 0.2) is 35.7 Å². The lowest BCUT2D eigenvalue weighted by Crippen LogP contribution is -2.13. The monoisotopic (exact) mass is 395 g/mol. The number of methoxy groups -OCH3 is 1. The van der Waals surface area contributed by atoms with Gasteiger partial charge < -0.3 is 9.84 Å². The molecule has 0 aliphatic heterocycles. The summed E-state index contributed by atoms with van der Waals surface area (Å²) in [6.45, 7) is 0. The highest BCUT2D eigenvalue weighted by Gasteiger charge is 2.36. The number of benzene rings is 1. The van der Waals surface area contributed by atoms with Crippen molar-refractivity contribution in [3.05, 3.63) is 58.4 Å². The molecule has 1 aromatic carbocycles. The second-order valence-electron chi connectivity index (χ2n) is 5.29. The molecule has 0 spiro atoms. The normalized spacial score (nSPS) is 11.9. The molecule has 10 heteroatoms. The lowest BCUT2D eigenvalue weighted by Gasteiger charge is -2.06. The van der Waals surface area contributed by atoms with Crippen LogP contribution in [0.3, 0.4) is 0 Å². The van der Waals surface area contributed by atoms with Gasteiger partial charge in [-0.15, -0.1) is 11.3 Å². The van der Waals surface area contributed by atoms with E-state index in [-0.39, 0.29) is 16.5 Å². The maximum Gasteiger partial charge on any atom is 0.433 e. The predicted molar refractivity (Wildman–Crippen MR) is 93.1 cm³/mol. The second-order valence-corrected chi connectivity index (χ2v) is 6.13. The summed E-state index contributed by atoms with van der Waals surface area (Å²) in [5.74, 6) is -0.661. The summed E-state index contributed by atoms with van der Waals surface area (Å²) in [7, 11) is 1.53. The molecular weight excluding hydrogens is 383 g/mol. The summed E-state index contributed by atoms with van der Waals surface area (Å²) in [5.41, 5.74) is -0.566. The molecule has 0 amide bonds. The van der Waals surface area contributed by atoms with Crippen LogP contribution >= 0.6 is 11.3 Å². The molecule has 0 radical (unpaired) electrons. The minimum absolute atomic E-state index is 0.0604. The van der Waals surface area contributed by atoms with Gasteiger partial charge in [0, 0.05) is 5.38 Å². The first-order chi connectivity index (χ1) is 12.8. The number of aromatic carboxylic acids is 1. The van der Waals surface area contributed by atoms with Gasteiger partial charge >= 0.3 is 12.1 Å². The third kappa shape index (κ3) is 4.17. The lowest BCUT2D eigenvalue weighted by molar-refractivity contribution is -0.142. The molecule has 2 heterocycles. The number of carboxylic acids is 1. The summed E-state index contributed by atoms with van der Waals surface area (Å²) in [6.07, 6.45) is -1.63. The zero-order valence-corrected chi connectivity index (χ0v) is 14.6. The number of rotatable bonds is 5. The Morgan fingerprint density at radius 3 is 2.52 bits per heavy atom. The number of nitrogens with zero attached hydrogens (tertiary/aromatic N) is 3. The highest BCUT2D eigenvalue weighted by atomic mass is 32.1. The van der Waals surface area contributed by atoms with Gasteiger partial charge in [-0.25, -0.2) is 14.5 Å². The van der Waals surface area contributed by atoms with Crippen molar-refractivity contribution in [2.45, 2.75) is 6.18 Å². The third-order valence-corrected chi connectivity index (χ3v) is 4.29. The molecule has 27 heavy (non-hydrogen) atoms. The molecule has 0 aliphatic carbocycles. The van der Waals surface area contributed by atoms with Crippen LogP contribution in [0.4, 0.5) is 13.2 Å². The van der Waals surface area contributed by atoms with E-state index in [1.165, 1.54) is 13.2 Å². The Hall–Kier alpha value is -3.14. The van der Waals surface area contributed by atoms with Crippen molar-refractivity contribution in [2.75, 3.05) is 7.11 Å². The molecule has 0 atom stereocenters. The number of carbonyl (C=O) groups is 1. The number of hydrogen-bond donors (Lipinski definition) is 1. The number of hydrogen-bond acceptors (Lipinski definition) is 5. The van der Waals surface area contributed by atoms with E-state index in [1.54, 1.807) is 30.3 Å². The fourth-order valence-electron chi connectivity index (χ4n) is 2.19. The van der Waals surface area contributed by atoms with Crippen LogP contribution in [-0.2, 0) is 6.18 Å². The fourth-order valence-corrected chi connectivity index (χ4v) is 2.95. The molecule has 3 aromatic rings. The Kier molecular flexibility index (Phi) is 5.00. The van der Waals surface area contributed by atoms with Crippen molar-refractivity contribution in [1.29, 1.82) is 0 Å². The van der Waals surface area contributed by atoms with Gasteiger partial charge in [0.2, 0.25) is 5.13 Å². The van der Waals surface area contributed by atoms with Crippen LogP contribution in [0.2, 0.25) is 0 Å². The van der Waals surface area contributed by atoms with E-state index in [0.717, 1.165) is 28.3 Å². The van der Waals surface area contributed by atoms with Gasteiger partial charge in [-0.1, -0.05) is 18.2 Å². The molecule has 0 fully saturated rings. The Balaban J connectivity index is 1.95. The Morgan fingerprint density at radius 1 is 1.26 bits per heavy atom. The van der Waals surface area contributed by atoms with Crippen molar-refractivity contribution in [1.82, 2.24) is 14.8 Å². The lowest BCUT2D eigenvalue weighted by atomic mass is 10.2. The minimum atomic E-state index is -4.67. The smallest absolute Gasteiger partial charge is 0.433 e. The van der Waals surface area contributed by atoms with Crippen molar-refractivity contribution in [3.63, 3.8) is 0 Å². The molecule has 2 aromatic heterocycles. The first-order valence-corrected chi connectivity index (χ1v) is 8.34. The van der Waals surface area contributed by atoms with E-state index in [1.807, 2.05) is 0 Å². The van der Waals surface area contributed by atoms with Crippen molar-refractivity contribution in [2.24, 2.45) is 0 Å². The second kappa shape index (κ2) is 7.23. The molecule has 3 rings (SSSR count). The number of thiazole rings is 1. The van der Waals surface area contributed by atoms with Crippen molar-refractivity contribution < 1.29 is 27.8 Å². The van der Waals surface area contributed by atoms with Gasteiger partial charge in [0.1, 0.15) is 5.75 Å². The molecule has 1 N–H and O–H groups in total. The molecule has 0 saturated heterocycles. The quantitative estimate of drug-likeness (QED) is 0.700. The summed E-state index contributed by atoms with van der Waals surface area (Å²) < 4.78 is 45.6. The Labute approximate surface area is 155 Å². The number of ether oxygens (including phenoxy) is 1. The Bertz CT molecular complexity index is 991. The summed E-state index contributed by atoms with van der Waals surface area (Å²) in [5, 5.41) is 13.8. The zero-order chi connectivity index (χ0) is 19.6. The molecule has 0 aliphatic rings. The zero-order valence-electron chi connectivity index (χ0n) is 13.8. The highest BCUT2D eigenvalue weighted by molar-refractivity contribution is 7.12. The summed E-state index contributed by atoms with van der Waals surface area (Å²) in [4.78, 5) is 14.6. The van der Waals surface area contributed by atoms with E-state index in [0.29, 0.717) is 10.4 Å². The molecule has 140 valence electrons. The topological polar surface area (TPSA) is 77.2 Å². The van der Waals surface area contributed by atoms with E-state index in [9.17, 15) is 18.0 Å². The predicted octanol–water partition coefficient (Wildman–Crippen LogP) is 4.22. The van der Waals surface area contributed by atoms with Gasteiger partial charge in [-0.2, -0.15) is 18.3 Å². The molecule has 0 saturated carbocycles. The van der Waals surface area contributed by atoms with Gasteiger partial charge in [0.15, 0.2) is 11.4 Å². The molecule has 6 nitrogen and oxygen atoms in total. The van der Waals surface area contributed by atoms with Crippen LogP contribution in [0.1, 0.15) is 27.4 Å². The third-order valence-electron chi connectivity index (χ3n) is 3.47. The summed E-state index contributed by atoms with van der Waals surface area (Å²) >= 11 is 0.764. The van der Waals surface area contributed by atoms with E-state index < -0.39 is 17.8 Å². The van der Waals surface area contributed by atoms with Crippen molar-refractivity contribution >= 4 is 29.5 Å². The van der Waals surface area contributed by atoms with Crippen LogP contribution in [0.5, 0.6) is 5.75 Å². The standard InChI is InChI=1S/C17H12F3N3O3S/c1-26-12-6-3-10(4-7-12)2-5-11-8-14(17(18,19)20)23(22-11)16-21-13(9-27-16)15(24)25/h2-9H,1H3,(H,24,25). The van der Waals surface area contributed by atoms with E-state index in [2.05, 4.69) is 10.1 Å². The number of aromatic nitrogens is 3. The van der Waals surface area contributed by atoms with Crippen molar-refractivity contribution in [3.8, 4) is 10.9 Å². The molecule has 0 bridgehead atoms. The Morgan fingerprint density at radius 2 is 1.96 bits per heavy atom. The number of carboxylic acid groups (broad SMARTS) is 1. The fraction of sp³-hybridized carbons (Fsp3) is 0.118. The maximum atomic E-state index is 13.3. The number of alkyl halides is 3. The van der Waals surface area contributed by atoms with Gasteiger partial charge in [0.25, 0.3) is 0 Å². The molecule has 0 unspecified atom stereocenters. The van der Waals surface area contributed by atoms with Gasteiger partial charge in [0.05, 0.1) is 12.8 Å². The van der Waals surface area contributed by atoms with Crippen LogP contribution in [-0.4, -0.2) is 33.0 Å². The van der Waals surface area contributed by atoms with Crippen LogP contribution in [0, 0.1) is 0 Å². The minimum Gasteiger partial charge on any atom is -0.497 e. The number of halogens is 3. The van der Waals surface area contributed by atoms with Crippen LogP contribution < -0.4 is 4.74 Å². The highest BCUT2D eigenvalue weighted by Crippen LogP contribution is 2.32. The van der Waals surface area contributed by atoms with E-state index >= 15 is 0 Å². The molecular formula is C17H12F3N3O3S. The SMILES string of the molecule is COc1ccc(C=Cc2cc(C(F)(F)F)n(-c3nc(C(=O)O)cs3)n2)cc1. The average Bonchev–Trinajstić information content (AvgIpc) is 3.27. The van der Waals surface area contributed by atoms with Crippen LogP contribution in [0.25, 0.3) is 17.3 Å². The van der Waals surface area contributed by atoms with Gasteiger partial charge in [-0.3, -0.25) is 0 Å². The first kappa shape index (κ1) is 18.6. The van der Waals surface area contributed by atoms with Gasteiger partial charge in [-0.05, 0) is 29.8 Å². The maximum absolute atomic E-state index is 13.3. The first-order valence-electron chi connectivity index (χ1n) is 7.46. The van der Waals surface area contributed by atoms with E-state index in [4.69, 9.17) is 9.84 Å².